The third-order valence-corrected chi connectivity index (χ3v) is 2.62. The molecule has 1 rings (SSSR count). The molecule has 1 atom stereocenters. The number of benzene rings is 1. The fourth-order valence-corrected chi connectivity index (χ4v) is 1.31. The average Bonchev–Trinajstić information content (AvgIpc) is 2.35. The third kappa shape index (κ3) is 4.73. The van der Waals surface area contributed by atoms with Crippen LogP contribution in [-0.2, 0) is 0 Å². The zero-order chi connectivity index (χ0) is 11.8. The molecule has 0 amide bonds. The normalized spacial score (nSPS) is 12.2. The molecule has 1 unspecified atom stereocenters. The lowest BCUT2D eigenvalue weighted by Gasteiger charge is -2.11. The zero-order valence-electron chi connectivity index (χ0n) is 9.70. The maximum Gasteiger partial charge on any atom is 0.119 e. The molecule has 0 aliphatic rings. The summed E-state index contributed by atoms with van der Waals surface area (Å²) in [6, 6.07) is 7.86. The van der Waals surface area contributed by atoms with Gasteiger partial charge in [-0.1, -0.05) is 0 Å². The van der Waals surface area contributed by atoms with E-state index in [0.717, 1.165) is 18.0 Å². The first-order valence-electron chi connectivity index (χ1n) is 5.32. The van der Waals surface area contributed by atoms with Gasteiger partial charge in [-0.15, -0.1) is 11.6 Å². The standard InChI is InChI=1S/C12H18ClNO2/c1-10(9-13)14-7-8-16-12-5-3-11(15-2)4-6-12/h3-6,10,14H,7-9H2,1-2H3. The van der Waals surface area contributed by atoms with Crippen LogP contribution in [0.15, 0.2) is 24.3 Å². The Morgan fingerprint density at radius 1 is 1.25 bits per heavy atom. The highest BCUT2D eigenvalue weighted by atomic mass is 35.5. The van der Waals surface area contributed by atoms with Crippen molar-refractivity contribution in [3.63, 3.8) is 0 Å². The van der Waals surface area contributed by atoms with Gasteiger partial charge in [-0.3, -0.25) is 0 Å². The summed E-state index contributed by atoms with van der Waals surface area (Å²) < 4.78 is 10.6. The predicted octanol–water partition coefficient (Wildman–Crippen LogP) is 2.29. The molecule has 90 valence electrons. The SMILES string of the molecule is COc1ccc(OCCNC(C)CCl)cc1. The predicted molar refractivity (Wildman–Crippen MR) is 66.7 cm³/mol. The van der Waals surface area contributed by atoms with Gasteiger partial charge < -0.3 is 14.8 Å². The van der Waals surface area contributed by atoms with E-state index in [2.05, 4.69) is 5.32 Å². The molecule has 0 heterocycles. The summed E-state index contributed by atoms with van der Waals surface area (Å²) in [6.07, 6.45) is 0. The van der Waals surface area contributed by atoms with Crippen molar-refractivity contribution >= 4 is 11.6 Å². The van der Waals surface area contributed by atoms with Crippen LogP contribution < -0.4 is 14.8 Å². The van der Waals surface area contributed by atoms with Gasteiger partial charge in [0.2, 0.25) is 0 Å². The average molecular weight is 244 g/mol. The van der Waals surface area contributed by atoms with Gasteiger partial charge in [-0.05, 0) is 31.2 Å². The van der Waals surface area contributed by atoms with E-state index in [-0.39, 0.29) is 0 Å². The van der Waals surface area contributed by atoms with Crippen molar-refractivity contribution in [2.45, 2.75) is 13.0 Å². The second-order valence-corrected chi connectivity index (χ2v) is 3.84. The molecule has 0 radical (unpaired) electrons. The second kappa shape index (κ2) is 7.36. The van der Waals surface area contributed by atoms with Crippen molar-refractivity contribution in [2.24, 2.45) is 0 Å². The number of hydrogen-bond acceptors (Lipinski definition) is 3. The maximum absolute atomic E-state index is 5.66. The van der Waals surface area contributed by atoms with E-state index >= 15 is 0 Å². The molecule has 3 nitrogen and oxygen atoms in total. The van der Waals surface area contributed by atoms with Crippen LogP contribution in [0.5, 0.6) is 11.5 Å². The zero-order valence-corrected chi connectivity index (χ0v) is 10.5. The van der Waals surface area contributed by atoms with E-state index in [1.165, 1.54) is 0 Å². The Bertz CT molecular complexity index is 290. The number of rotatable bonds is 7. The Labute approximate surface area is 102 Å². The van der Waals surface area contributed by atoms with E-state index in [1.807, 2.05) is 31.2 Å². The molecule has 0 aromatic heterocycles. The smallest absolute Gasteiger partial charge is 0.119 e. The molecule has 1 N–H and O–H groups in total. The molecular formula is C12H18ClNO2. The Morgan fingerprint density at radius 3 is 2.44 bits per heavy atom. The van der Waals surface area contributed by atoms with Gasteiger partial charge in [0, 0.05) is 18.5 Å². The van der Waals surface area contributed by atoms with Crippen LogP contribution in [0.25, 0.3) is 0 Å². The molecule has 1 aromatic rings. The van der Waals surface area contributed by atoms with Crippen molar-refractivity contribution in [1.82, 2.24) is 5.32 Å². The highest BCUT2D eigenvalue weighted by Gasteiger charge is 1.98. The van der Waals surface area contributed by atoms with Gasteiger partial charge in [0.25, 0.3) is 0 Å². The molecule has 16 heavy (non-hydrogen) atoms. The lowest BCUT2D eigenvalue weighted by Crippen LogP contribution is -2.31. The van der Waals surface area contributed by atoms with Crippen LogP contribution in [-0.4, -0.2) is 32.2 Å². The van der Waals surface area contributed by atoms with E-state index in [9.17, 15) is 0 Å². The summed E-state index contributed by atoms with van der Waals surface area (Å²) >= 11 is 5.66. The van der Waals surface area contributed by atoms with Gasteiger partial charge in [0.1, 0.15) is 18.1 Å². The van der Waals surface area contributed by atoms with Crippen LogP contribution >= 0.6 is 11.6 Å². The van der Waals surface area contributed by atoms with Gasteiger partial charge in [-0.25, -0.2) is 0 Å². The van der Waals surface area contributed by atoms with Gasteiger partial charge in [0.05, 0.1) is 7.11 Å². The molecule has 0 bridgehead atoms. The number of methoxy groups -OCH3 is 1. The summed E-state index contributed by atoms with van der Waals surface area (Å²) in [5.41, 5.74) is 0. The van der Waals surface area contributed by atoms with Crippen LogP contribution in [0.3, 0.4) is 0 Å². The van der Waals surface area contributed by atoms with Crippen LogP contribution in [0.4, 0.5) is 0 Å². The summed E-state index contributed by atoms with van der Waals surface area (Å²) in [5, 5.41) is 3.24. The Balaban J connectivity index is 2.21. The van der Waals surface area contributed by atoms with Crippen LogP contribution in [0, 0.1) is 0 Å². The first-order chi connectivity index (χ1) is 7.76. The van der Waals surface area contributed by atoms with Crippen molar-refractivity contribution in [1.29, 1.82) is 0 Å². The van der Waals surface area contributed by atoms with Gasteiger partial charge >= 0.3 is 0 Å². The molecular weight excluding hydrogens is 226 g/mol. The van der Waals surface area contributed by atoms with Crippen LogP contribution in [0.1, 0.15) is 6.92 Å². The minimum absolute atomic E-state index is 0.320. The molecule has 0 aliphatic carbocycles. The molecule has 1 aromatic carbocycles. The highest BCUT2D eigenvalue weighted by Crippen LogP contribution is 2.16. The largest absolute Gasteiger partial charge is 0.497 e. The molecule has 0 spiro atoms. The van der Waals surface area contributed by atoms with Gasteiger partial charge in [-0.2, -0.15) is 0 Å². The Kier molecular flexibility index (Phi) is 6.04. The van der Waals surface area contributed by atoms with E-state index in [1.54, 1.807) is 7.11 Å². The van der Waals surface area contributed by atoms with Crippen molar-refractivity contribution in [3.05, 3.63) is 24.3 Å². The summed E-state index contributed by atoms with van der Waals surface area (Å²) in [5.74, 6) is 2.30. The quantitative estimate of drug-likeness (QED) is 0.589. The molecule has 4 heteroatoms. The van der Waals surface area contributed by atoms with Crippen molar-refractivity contribution in [2.75, 3.05) is 26.1 Å². The number of halogens is 1. The third-order valence-electron chi connectivity index (χ3n) is 2.15. The first kappa shape index (κ1) is 13.1. The molecule has 0 saturated heterocycles. The van der Waals surface area contributed by atoms with E-state index in [4.69, 9.17) is 21.1 Å². The summed E-state index contributed by atoms with van der Waals surface area (Å²) in [4.78, 5) is 0. The van der Waals surface area contributed by atoms with Crippen molar-refractivity contribution in [3.8, 4) is 11.5 Å². The van der Waals surface area contributed by atoms with Gasteiger partial charge in [0.15, 0.2) is 0 Å². The fourth-order valence-electron chi connectivity index (χ4n) is 1.20. The number of ether oxygens (including phenoxy) is 2. The Hall–Kier alpha value is -0.930. The summed E-state index contributed by atoms with van der Waals surface area (Å²) in [6.45, 7) is 3.47. The lowest BCUT2D eigenvalue weighted by atomic mass is 10.3. The first-order valence-corrected chi connectivity index (χ1v) is 5.86. The molecule has 0 fully saturated rings. The minimum Gasteiger partial charge on any atom is -0.497 e. The number of hydrogen-bond donors (Lipinski definition) is 1. The van der Waals surface area contributed by atoms with Crippen molar-refractivity contribution < 1.29 is 9.47 Å². The molecule has 0 saturated carbocycles. The number of alkyl halides is 1. The minimum atomic E-state index is 0.320. The van der Waals surface area contributed by atoms with E-state index < -0.39 is 0 Å². The van der Waals surface area contributed by atoms with Crippen LogP contribution in [0.2, 0.25) is 0 Å². The maximum atomic E-state index is 5.66. The fraction of sp³-hybridized carbons (Fsp3) is 0.500. The highest BCUT2D eigenvalue weighted by molar-refractivity contribution is 6.18. The lowest BCUT2D eigenvalue weighted by molar-refractivity contribution is 0.308. The topological polar surface area (TPSA) is 30.5 Å². The Morgan fingerprint density at radius 2 is 1.88 bits per heavy atom. The molecule has 0 aliphatic heterocycles. The second-order valence-electron chi connectivity index (χ2n) is 3.53. The monoisotopic (exact) mass is 243 g/mol. The summed E-state index contributed by atoms with van der Waals surface area (Å²) in [7, 11) is 1.65. The number of nitrogens with one attached hydrogen (secondary N) is 1. The van der Waals surface area contributed by atoms with E-state index in [0.29, 0.717) is 18.5 Å².